The SMILES string of the molecule is CCNCc1ccc(S(=O)(=O)NCCCN(C)C)nc1. The standard InChI is InChI=1S/C13H24N4O2S/c1-4-14-10-12-6-7-13(15-11-12)20(18,19)16-8-5-9-17(2)3/h6-7,11,14,16H,4-5,8-10H2,1-3H3. The molecule has 1 aromatic rings. The van der Waals surface area contributed by atoms with E-state index in [0.717, 1.165) is 25.1 Å². The van der Waals surface area contributed by atoms with Gasteiger partial charge in [0.05, 0.1) is 0 Å². The van der Waals surface area contributed by atoms with Gasteiger partial charge in [-0.2, -0.15) is 0 Å². The van der Waals surface area contributed by atoms with Crippen LogP contribution in [0.2, 0.25) is 0 Å². The number of nitrogens with zero attached hydrogens (tertiary/aromatic N) is 2. The first-order chi connectivity index (χ1) is 9.45. The van der Waals surface area contributed by atoms with Crippen LogP contribution in [-0.4, -0.2) is 52.0 Å². The number of pyridine rings is 1. The normalized spacial score (nSPS) is 12.0. The summed E-state index contributed by atoms with van der Waals surface area (Å²) in [6, 6.07) is 3.32. The van der Waals surface area contributed by atoms with Crippen molar-refractivity contribution in [2.75, 3.05) is 33.7 Å². The van der Waals surface area contributed by atoms with Gasteiger partial charge >= 0.3 is 0 Å². The number of hydrogen-bond acceptors (Lipinski definition) is 5. The van der Waals surface area contributed by atoms with Gasteiger partial charge in [0.15, 0.2) is 5.03 Å². The van der Waals surface area contributed by atoms with Gasteiger partial charge in [0.2, 0.25) is 0 Å². The van der Waals surface area contributed by atoms with Gasteiger partial charge in [0.25, 0.3) is 10.0 Å². The minimum atomic E-state index is -3.50. The van der Waals surface area contributed by atoms with Crippen LogP contribution in [0.1, 0.15) is 18.9 Å². The van der Waals surface area contributed by atoms with Gasteiger partial charge in [-0.15, -0.1) is 0 Å². The van der Waals surface area contributed by atoms with Crippen LogP contribution in [0.25, 0.3) is 0 Å². The fourth-order valence-corrected chi connectivity index (χ4v) is 2.62. The van der Waals surface area contributed by atoms with E-state index in [0.29, 0.717) is 13.1 Å². The van der Waals surface area contributed by atoms with Crippen molar-refractivity contribution in [2.24, 2.45) is 0 Å². The van der Waals surface area contributed by atoms with Crippen molar-refractivity contribution in [3.63, 3.8) is 0 Å². The molecule has 0 unspecified atom stereocenters. The van der Waals surface area contributed by atoms with Crippen molar-refractivity contribution in [3.8, 4) is 0 Å². The Balaban J connectivity index is 2.54. The molecule has 0 aliphatic heterocycles. The Bertz CT molecular complexity index is 486. The van der Waals surface area contributed by atoms with E-state index < -0.39 is 10.0 Å². The molecule has 7 heteroatoms. The first-order valence-electron chi connectivity index (χ1n) is 6.75. The van der Waals surface area contributed by atoms with Crippen LogP contribution in [0.4, 0.5) is 0 Å². The summed E-state index contributed by atoms with van der Waals surface area (Å²) in [5.41, 5.74) is 0.971. The van der Waals surface area contributed by atoms with Crippen LogP contribution < -0.4 is 10.0 Å². The molecule has 0 fully saturated rings. The lowest BCUT2D eigenvalue weighted by molar-refractivity contribution is 0.400. The van der Waals surface area contributed by atoms with E-state index in [9.17, 15) is 8.42 Å². The summed E-state index contributed by atoms with van der Waals surface area (Å²) in [5.74, 6) is 0. The summed E-state index contributed by atoms with van der Waals surface area (Å²) in [7, 11) is 0.419. The lowest BCUT2D eigenvalue weighted by Crippen LogP contribution is -2.28. The maximum atomic E-state index is 12.0. The summed E-state index contributed by atoms with van der Waals surface area (Å²) < 4.78 is 26.6. The van der Waals surface area contributed by atoms with Gasteiger partial charge in [-0.05, 0) is 45.2 Å². The first-order valence-corrected chi connectivity index (χ1v) is 8.24. The molecule has 0 amide bonds. The summed E-state index contributed by atoms with van der Waals surface area (Å²) in [6.07, 6.45) is 2.36. The molecule has 6 nitrogen and oxygen atoms in total. The number of aromatic nitrogens is 1. The fraction of sp³-hybridized carbons (Fsp3) is 0.615. The Morgan fingerprint density at radius 1 is 1.30 bits per heavy atom. The van der Waals surface area contributed by atoms with Gasteiger partial charge in [0.1, 0.15) is 0 Å². The summed E-state index contributed by atoms with van der Waals surface area (Å²) in [4.78, 5) is 6.03. The predicted molar refractivity (Wildman–Crippen MR) is 80.0 cm³/mol. The molecular formula is C13H24N4O2S. The molecule has 1 aromatic heterocycles. The van der Waals surface area contributed by atoms with Gasteiger partial charge in [-0.25, -0.2) is 18.1 Å². The minimum absolute atomic E-state index is 0.0719. The van der Waals surface area contributed by atoms with Gasteiger partial charge in [-0.1, -0.05) is 13.0 Å². The summed E-state index contributed by atoms with van der Waals surface area (Å²) in [5, 5.41) is 3.24. The van der Waals surface area contributed by atoms with Crippen LogP contribution in [-0.2, 0) is 16.6 Å². The topological polar surface area (TPSA) is 74.3 Å². The Morgan fingerprint density at radius 2 is 2.05 bits per heavy atom. The van der Waals surface area contributed by atoms with Crippen LogP contribution in [0.15, 0.2) is 23.4 Å². The number of rotatable bonds is 9. The van der Waals surface area contributed by atoms with Crippen LogP contribution in [0.3, 0.4) is 0 Å². The molecule has 2 N–H and O–H groups in total. The zero-order valence-electron chi connectivity index (χ0n) is 12.4. The molecule has 0 aliphatic carbocycles. The summed E-state index contributed by atoms with van der Waals surface area (Å²) >= 11 is 0. The molecule has 0 saturated heterocycles. The minimum Gasteiger partial charge on any atom is -0.313 e. The molecule has 0 bridgehead atoms. The quantitative estimate of drug-likeness (QED) is 0.647. The average molecular weight is 300 g/mol. The van der Waals surface area contributed by atoms with Crippen LogP contribution in [0.5, 0.6) is 0 Å². The molecule has 0 spiro atoms. The highest BCUT2D eigenvalue weighted by Gasteiger charge is 2.14. The number of nitrogens with one attached hydrogen (secondary N) is 2. The van der Waals surface area contributed by atoms with Crippen molar-refractivity contribution in [1.29, 1.82) is 0 Å². The predicted octanol–water partition coefficient (Wildman–Crippen LogP) is 0.421. The second-order valence-corrected chi connectivity index (χ2v) is 6.55. The molecular weight excluding hydrogens is 276 g/mol. The third kappa shape index (κ3) is 5.96. The Kier molecular flexibility index (Phi) is 7.08. The highest BCUT2D eigenvalue weighted by Crippen LogP contribution is 2.06. The zero-order chi connectivity index (χ0) is 15.0. The van der Waals surface area contributed by atoms with Crippen LogP contribution >= 0.6 is 0 Å². The van der Waals surface area contributed by atoms with Gasteiger partial charge in [-0.3, -0.25) is 0 Å². The number of hydrogen-bond donors (Lipinski definition) is 2. The second-order valence-electron chi connectivity index (χ2n) is 4.84. The van der Waals surface area contributed by atoms with E-state index in [1.165, 1.54) is 0 Å². The van der Waals surface area contributed by atoms with E-state index in [4.69, 9.17) is 0 Å². The van der Waals surface area contributed by atoms with Gasteiger partial charge in [0, 0.05) is 19.3 Å². The highest BCUT2D eigenvalue weighted by molar-refractivity contribution is 7.89. The number of sulfonamides is 1. The fourth-order valence-electron chi connectivity index (χ4n) is 1.62. The lowest BCUT2D eigenvalue weighted by Gasteiger charge is -2.10. The van der Waals surface area contributed by atoms with E-state index in [1.54, 1.807) is 18.3 Å². The highest BCUT2D eigenvalue weighted by atomic mass is 32.2. The molecule has 0 aromatic carbocycles. The smallest absolute Gasteiger partial charge is 0.258 e. The Labute approximate surface area is 121 Å². The molecule has 0 saturated carbocycles. The van der Waals surface area contributed by atoms with Crippen molar-refractivity contribution < 1.29 is 8.42 Å². The monoisotopic (exact) mass is 300 g/mol. The Morgan fingerprint density at radius 3 is 2.60 bits per heavy atom. The third-order valence-electron chi connectivity index (χ3n) is 2.73. The molecule has 0 radical (unpaired) electrons. The van der Waals surface area contributed by atoms with Crippen molar-refractivity contribution in [1.82, 2.24) is 19.9 Å². The van der Waals surface area contributed by atoms with E-state index >= 15 is 0 Å². The molecule has 1 heterocycles. The van der Waals surface area contributed by atoms with Crippen molar-refractivity contribution in [3.05, 3.63) is 23.9 Å². The van der Waals surface area contributed by atoms with Crippen LogP contribution in [0, 0.1) is 0 Å². The van der Waals surface area contributed by atoms with Gasteiger partial charge < -0.3 is 10.2 Å². The largest absolute Gasteiger partial charge is 0.313 e. The lowest BCUT2D eigenvalue weighted by atomic mass is 10.3. The second kappa shape index (κ2) is 8.31. The molecule has 20 heavy (non-hydrogen) atoms. The summed E-state index contributed by atoms with van der Waals surface area (Å²) in [6.45, 7) is 4.84. The first kappa shape index (κ1) is 17.0. The molecule has 0 atom stereocenters. The maximum Gasteiger partial charge on any atom is 0.258 e. The van der Waals surface area contributed by atoms with E-state index in [-0.39, 0.29) is 5.03 Å². The van der Waals surface area contributed by atoms with E-state index in [1.807, 2.05) is 25.9 Å². The molecule has 1 rings (SSSR count). The van der Waals surface area contributed by atoms with Crippen molar-refractivity contribution >= 4 is 10.0 Å². The van der Waals surface area contributed by atoms with Crippen molar-refractivity contribution in [2.45, 2.75) is 24.9 Å². The zero-order valence-corrected chi connectivity index (χ0v) is 13.2. The average Bonchev–Trinajstić information content (AvgIpc) is 2.42. The Hall–Kier alpha value is -1.02. The molecule has 114 valence electrons. The maximum absolute atomic E-state index is 12.0. The molecule has 0 aliphatic rings. The third-order valence-corrected chi connectivity index (χ3v) is 4.10. The van der Waals surface area contributed by atoms with E-state index in [2.05, 4.69) is 15.0 Å².